The Labute approximate surface area is 130 Å². The van der Waals surface area contributed by atoms with Crippen molar-refractivity contribution in [3.05, 3.63) is 51.4 Å². The highest BCUT2D eigenvalue weighted by molar-refractivity contribution is 9.11. The van der Waals surface area contributed by atoms with Gasteiger partial charge >= 0.3 is 0 Å². The van der Waals surface area contributed by atoms with Crippen molar-refractivity contribution in [2.75, 3.05) is 6.54 Å². The third-order valence-electron chi connectivity index (χ3n) is 3.03. The van der Waals surface area contributed by atoms with Crippen LogP contribution in [0.25, 0.3) is 0 Å². The van der Waals surface area contributed by atoms with E-state index in [1.165, 1.54) is 5.56 Å². The molecule has 2 aromatic rings. The molecule has 1 atom stereocenters. The summed E-state index contributed by atoms with van der Waals surface area (Å²) in [6.07, 6.45) is 6.76. The van der Waals surface area contributed by atoms with Gasteiger partial charge in [0.15, 0.2) is 0 Å². The fourth-order valence-corrected chi connectivity index (χ4v) is 3.35. The Hall–Kier alpha value is -0.650. The second kappa shape index (κ2) is 7.22. The number of aryl methyl sites for hydroxylation is 1. The van der Waals surface area contributed by atoms with E-state index in [1.807, 2.05) is 18.7 Å². The van der Waals surface area contributed by atoms with Crippen LogP contribution >= 0.6 is 31.9 Å². The minimum absolute atomic E-state index is 0.338. The Bertz CT molecular complexity index is 511. The van der Waals surface area contributed by atoms with Gasteiger partial charge < -0.3 is 9.88 Å². The molecular formula is C14H17Br2N3. The van der Waals surface area contributed by atoms with Crippen molar-refractivity contribution < 1.29 is 0 Å². The van der Waals surface area contributed by atoms with E-state index in [9.17, 15) is 0 Å². The number of nitrogens with one attached hydrogen (secondary N) is 1. The van der Waals surface area contributed by atoms with Crippen LogP contribution in [0.5, 0.6) is 0 Å². The molecule has 0 spiro atoms. The van der Waals surface area contributed by atoms with Crippen LogP contribution in [0.2, 0.25) is 0 Å². The van der Waals surface area contributed by atoms with Crippen molar-refractivity contribution in [2.24, 2.45) is 0 Å². The minimum atomic E-state index is 0.338. The lowest BCUT2D eigenvalue weighted by Crippen LogP contribution is -2.21. The molecule has 0 saturated carbocycles. The van der Waals surface area contributed by atoms with E-state index in [2.05, 4.69) is 71.9 Å². The topological polar surface area (TPSA) is 29.9 Å². The van der Waals surface area contributed by atoms with Gasteiger partial charge in [0.2, 0.25) is 0 Å². The van der Waals surface area contributed by atoms with E-state index in [-0.39, 0.29) is 0 Å². The number of nitrogens with zero attached hydrogens (tertiary/aromatic N) is 2. The minimum Gasteiger partial charge on any atom is -0.337 e. The molecule has 19 heavy (non-hydrogen) atoms. The highest BCUT2D eigenvalue weighted by Crippen LogP contribution is 2.26. The number of halogens is 2. The molecule has 102 valence electrons. The summed E-state index contributed by atoms with van der Waals surface area (Å²) in [6.45, 7) is 4.17. The van der Waals surface area contributed by atoms with Crippen molar-refractivity contribution in [1.82, 2.24) is 14.9 Å². The lowest BCUT2D eigenvalue weighted by molar-refractivity contribution is 0.525. The van der Waals surface area contributed by atoms with Crippen LogP contribution in [0.3, 0.4) is 0 Å². The van der Waals surface area contributed by atoms with Gasteiger partial charge in [-0.2, -0.15) is 0 Å². The Morgan fingerprint density at radius 3 is 2.89 bits per heavy atom. The average molecular weight is 387 g/mol. The van der Waals surface area contributed by atoms with E-state index in [0.29, 0.717) is 6.04 Å². The Morgan fingerprint density at radius 1 is 1.37 bits per heavy atom. The fourth-order valence-electron chi connectivity index (χ4n) is 1.96. The van der Waals surface area contributed by atoms with Crippen molar-refractivity contribution in [1.29, 1.82) is 0 Å². The van der Waals surface area contributed by atoms with Gasteiger partial charge in [0.05, 0.1) is 6.33 Å². The second-order valence-corrected chi connectivity index (χ2v) is 6.27. The van der Waals surface area contributed by atoms with Gasteiger partial charge in [-0.3, -0.25) is 0 Å². The molecule has 5 heteroatoms. The van der Waals surface area contributed by atoms with Gasteiger partial charge in [-0.15, -0.1) is 0 Å². The van der Waals surface area contributed by atoms with Gasteiger partial charge in [0.1, 0.15) is 0 Å². The summed E-state index contributed by atoms with van der Waals surface area (Å²) in [5.41, 5.74) is 1.28. The zero-order chi connectivity index (χ0) is 13.7. The van der Waals surface area contributed by atoms with Crippen molar-refractivity contribution >= 4 is 31.9 Å². The third-order valence-corrected chi connectivity index (χ3v) is 4.21. The Balaban J connectivity index is 1.79. The maximum Gasteiger partial charge on any atom is 0.0945 e. The van der Waals surface area contributed by atoms with Gasteiger partial charge in [-0.25, -0.2) is 4.98 Å². The van der Waals surface area contributed by atoms with Crippen LogP contribution in [0, 0.1) is 0 Å². The van der Waals surface area contributed by atoms with E-state index >= 15 is 0 Å². The monoisotopic (exact) mass is 385 g/mol. The van der Waals surface area contributed by atoms with Gasteiger partial charge in [-0.05, 0) is 37.6 Å². The smallest absolute Gasteiger partial charge is 0.0945 e. The lowest BCUT2D eigenvalue weighted by Gasteiger charge is -2.16. The molecule has 3 nitrogen and oxygen atoms in total. The van der Waals surface area contributed by atoms with Crippen LogP contribution in [0.15, 0.2) is 45.9 Å². The summed E-state index contributed by atoms with van der Waals surface area (Å²) < 4.78 is 4.33. The van der Waals surface area contributed by atoms with Gasteiger partial charge in [0.25, 0.3) is 0 Å². The predicted octanol–water partition coefficient (Wildman–Crippen LogP) is 4.15. The molecule has 1 aromatic carbocycles. The first kappa shape index (κ1) is 14.8. The van der Waals surface area contributed by atoms with Gasteiger partial charge in [0, 0.05) is 33.9 Å². The van der Waals surface area contributed by atoms with E-state index in [4.69, 9.17) is 0 Å². The molecule has 2 rings (SSSR count). The molecule has 1 unspecified atom stereocenters. The van der Waals surface area contributed by atoms with Crippen LogP contribution in [-0.4, -0.2) is 16.1 Å². The standard InChI is InChI=1S/C14H17Br2N3/c1-11(13-4-3-12(15)9-14(13)16)18-5-2-7-19-8-6-17-10-19/h3-4,6,8-11,18H,2,5,7H2,1H3. The first-order chi connectivity index (χ1) is 9.16. The first-order valence-electron chi connectivity index (χ1n) is 6.31. The van der Waals surface area contributed by atoms with E-state index < -0.39 is 0 Å². The normalized spacial score (nSPS) is 12.6. The number of benzene rings is 1. The molecule has 0 aliphatic carbocycles. The summed E-state index contributed by atoms with van der Waals surface area (Å²) in [7, 11) is 0. The largest absolute Gasteiger partial charge is 0.337 e. The maximum atomic E-state index is 4.04. The third kappa shape index (κ3) is 4.44. The average Bonchev–Trinajstić information content (AvgIpc) is 2.87. The summed E-state index contributed by atoms with van der Waals surface area (Å²) in [6, 6.07) is 6.63. The predicted molar refractivity (Wildman–Crippen MR) is 85.1 cm³/mol. The SMILES string of the molecule is CC(NCCCn1ccnc1)c1ccc(Br)cc1Br. The summed E-state index contributed by atoms with van der Waals surface area (Å²) in [5, 5.41) is 3.54. The Morgan fingerprint density at radius 2 is 2.21 bits per heavy atom. The summed E-state index contributed by atoms with van der Waals surface area (Å²) in [5.74, 6) is 0. The van der Waals surface area contributed by atoms with Crippen molar-refractivity contribution in [2.45, 2.75) is 25.9 Å². The van der Waals surface area contributed by atoms with E-state index in [0.717, 1.165) is 28.5 Å². The molecule has 0 bridgehead atoms. The molecule has 0 aliphatic heterocycles. The van der Waals surface area contributed by atoms with Crippen LogP contribution in [0.4, 0.5) is 0 Å². The Kier molecular flexibility index (Phi) is 5.60. The zero-order valence-corrected chi connectivity index (χ0v) is 14.0. The van der Waals surface area contributed by atoms with Crippen LogP contribution < -0.4 is 5.32 Å². The number of hydrogen-bond donors (Lipinski definition) is 1. The number of aromatic nitrogens is 2. The molecule has 0 aliphatic rings. The van der Waals surface area contributed by atoms with E-state index in [1.54, 1.807) is 0 Å². The number of hydrogen-bond acceptors (Lipinski definition) is 2. The molecular weight excluding hydrogens is 370 g/mol. The molecule has 0 radical (unpaired) electrons. The molecule has 1 aromatic heterocycles. The van der Waals surface area contributed by atoms with Crippen LogP contribution in [0.1, 0.15) is 24.9 Å². The highest BCUT2D eigenvalue weighted by atomic mass is 79.9. The summed E-state index contributed by atoms with van der Waals surface area (Å²) >= 11 is 7.08. The zero-order valence-electron chi connectivity index (χ0n) is 10.8. The lowest BCUT2D eigenvalue weighted by atomic mass is 10.1. The second-order valence-electron chi connectivity index (χ2n) is 4.50. The molecule has 0 fully saturated rings. The fraction of sp³-hybridized carbons (Fsp3) is 0.357. The molecule has 0 saturated heterocycles. The quantitative estimate of drug-likeness (QED) is 0.755. The number of rotatable bonds is 6. The molecule has 0 amide bonds. The number of imidazole rings is 1. The first-order valence-corrected chi connectivity index (χ1v) is 7.89. The van der Waals surface area contributed by atoms with Gasteiger partial charge in [-0.1, -0.05) is 37.9 Å². The maximum absolute atomic E-state index is 4.04. The summed E-state index contributed by atoms with van der Waals surface area (Å²) in [4.78, 5) is 4.04. The highest BCUT2D eigenvalue weighted by Gasteiger charge is 2.08. The molecule has 1 N–H and O–H groups in total. The molecule has 1 heterocycles. The van der Waals surface area contributed by atoms with Crippen molar-refractivity contribution in [3.63, 3.8) is 0 Å². The van der Waals surface area contributed by atoms with Crippen LogP contribution in [-0.2, 0) is 6.54 Å². The van der Waals surface area contributed by atoms with Crippen molar-refractivity contribution in [3.8, 4) is 0 Å².